The highest BCUT2D eigenvalue weighted by Crippen LogP contribution is 2.35. The summed E-state index contributed by atoms with van der Waals surface area (Å²) in [5.74, 6) is 1.08. The number of hydrogen-bond acceptors (Lipinski definition) is 5. The van der Waals surface area contributed by atoms with Crippen molar-refractivity contribution < 1.29 is 13.7 Å². The van der Waals surface area contributed by atoms with Crippen molar-refractivity contribution in [2.24, 2.45) is 5.92 Å². The van der Waals surface area contributed by atoms with Crippen LogP contribution in [-0.2, 0) is 15.7 Å². The lowest BCUT2D eigenvalue weighted by Crippen LogP contribution is -2.56. The zero-order valence-electron chi connectivity index (χ0n) is 20.5. The number of nitrogens with zero attached hydrogens (tertiary/aromatic N) is 2. The van der Waals surface area contributed by atoms with Gasteiger partial charge in [-0.15, -0.1) is 0 Å². The first-order valence-electron chi connectivity index (χ1n) is 11.8. The second kappa shape index (κ2) is 8.96. The molecule has 0 bridgehead atoms. The number of likely N-dealkylation sites (tertiary alicyclic amines) is 1. The maximum atomic E-state index is 13.1. The van der Waals surface area contributed by atoms with Gasteiger partial charge in [0.05, 0.1) is 21.8 Å². The molecule has 1 aromatic carbocycles. The van der Waals surface area contributed by atoms with Gasteiger partial charge in [-0.05, 0) is 64.7 Å². The molecule has 2 aliphatic carbocycles. The Bertz CT molecular complexity index is 1230. The Morgan fingerprint density at radius 1 is 1.21 bits per heavy atom. The molecule has 2 N–H and O–H groups in total. The first-order chi connectivity index (χ1) is 15.8. The molecular weight excluding hydrogens is 456 g/mol. The van der Waals surface area contributed by atoms with Gasteiger partial charge in [0.15, 0.2) is 0 Å². The second-order valence-electron chi connectivity index (χ2n) is 11.0. The Kier molecular flexibility index (Phi) is 6.50. The van der Waals surface area contributed by atoms with Crippen molar-refractivity contribution in [3.8, 4) is 0 Å². The summed E-state index contributed by atoms with van der Waals surface area (Å²) in [6.45, 7) is 10.1. The molecule has 2 saturated carbocycles. The van der Waals surface area contributed by atoms with Crippen LogP contribution < -0.4 is 16.0 Å². The molecule has 1 saturated heterocycles. The number of carbonyl (C=O) groups is 1. The number of amides is 1. The van der Waals surface area contributed by atoms with Gasteiger partial charge in [-0.25, -0.2) is 18.5 Å². The van der Waals surface area contributed by atoms with E-state index >= 15 is 0 Å². The molecule has 5 rings (SSSR count). The van der Waals surface area contributed by atoms with Gasteiger partial charge < -0.3 is 14.6 Å². The highest BCUT2D eigenvalue weighted by molar-refractivity contribution is 7.83. The number of nitrogens with one attached hydrogen (secondary N) is 2. The van der Waals surface area contributed by atoms with Crippen LogP contribution in [0.5, 0.6) is 0 Å². The summed E-state index contributed by atoms with van der Waals surface area (Å²) < 4.78 is 22.1. The third-order valence-electron chi connectivity index (χ3n) is 6.20. The predicted octanol–water partition coefficient (Wildman–Crippen LogP) is 3.06. The van der Waals surface area contributed by atoms with E-state index in [0.717, 1.165) is 23.3 Å². The standard InChI is InChI=1S/C20H26N4O5S.C4H8/c1-19(2,3)29-18(27)23-10-12(11-23)24-16(25)14-9-13(5-6-15(14)21-17(24)26)30(28)22-20(4)7-8-20;1-4-2-3-4/h5-6,9,12,22H,7-8,10-11H2,1-4H3,(H,21,26);4H,2-3H2,1H3. The maximum Gasteiger partial charge on any atom is 0.410 e. The maximum absolute atomic E-state index is 13.1. The molecule has 0 spiro atoms. The largest absolute Gasteiger partial charge is 0.444 e. The number of aromatic amines is 1. The van der Waals surface area contributed by atoms with Crippen molar-refractivity contribution in [1.82, 2.24) is 19.2 Å². The Labute approximate surface area is 201 Å². The van der Waals surface area contributed by atoms with Crippen LogP contribution in [0.1, 0.15) is 66.3 Å². The second-order valence-corrected chi connectivity index (χ2v) is 12.2. The first kappa shape index (κ1) is 24.7. The molecule has 1 amide bonds. The molecule has 0 radical (unpaired) electrons. The van der Waals surface area contributed by atoms with Crippen molar-refractivity contribution in [2.45, 2.75) is 82.4 Å². The lowest BCUT2D eigenvalue weighted by molar-refractivity contribution is 0.000185. The highest BCUT2D eigenvalue weighted by Gasteiger charge is 2.39. The van der Waals surface area contributed by atoms with Crippen molar-refractivity contribution in [3.05, 3.63) is 39.0 Å². The monoisotopic (exact) mass is 490 g/mol. The summed E-state index contributed by atoms with van der Waals surface area (Å²) in [7, 11) is -1.45. The van der Waals surface area contributed by atoms with E-state index in [1.165, 1.54) is 17.7 Å². The van der Waals surface area contributed by atoms with E-state index in [4.69, 9.17) is 4.74 Å². The van der Waals surface area contributed by atoms with Crippen molar-refractivity contribution in [2.75, 3.05) is 13.1 Å². The van der Waals surface area contributed by atoms with Crippen molar-refractivity contribution in [3.63, 3.8) is 0 Å². The summed E-state index contributed by atoms with van der Waals surface area (Å²) in [5, 5.41) is 0.291. The van der Waals surface area contributed by atoms with Crippen LogP contribution in [0.15, 0.2) is 32.7 Å². The average Bonchev–Trinajstić information content (AvgIpc) is 3.62. The fourth-order valence-corrected chi connectivity index (χ4v) is 4.67. The number of aromatic nitrogens is 2. The normalized spacial score (nSPS) is 20.2. The van der Waals surface area contributed by atoms with E-state index < -0.39 is 40.0 Å². The molecule has 1 atom stereocenters. The third kappa shape index (κ3) is 5.78. The van der Waals surface area contributed by atoms with Gasteiger partial charge in [0.2, 0.25) is 0 Å². The fourth-order valence-electron chi connectivity index (χ4n) is 3.49. The number of carbonyl (C=O) groups excluding carboxylic acids is 1. The summed E-state index contributed by atoms with van der Waals surface area (Å²) in [5.41, 5.74) is -1.33. The number of fused-ring (bicyclic) bond motifs is 1. The van der Waals surface area contributed by atoms with Crippen LogP contribution in [0, 0.1) is 5.92 Å². The summed E-state index contributed by atoms with van der Waals surface area (Å²) in [4.78, 5) is 42.3. The minimum absolute atomic E-state index is 0.123. The summed E-state index contributed by atoms with van der Waals surface area (Å²) >= 11 is 0. The van der Waals surface area contributed by atoms with E-state index in [-0.39, 0.29) is 18.6 Å². The Morgan fingerprint density at radius 3 is 2.35 bits per heavy atom. The molecular formula is C24H34N4O5S. The van der Waals surface area contributed by atoms with Crippen LogP contribution in [0.4, 0.5) is 4.79 Å². The van der Waals surface area contributed by atoms with Gasteiger partial charge in [-0.1, -0.05) is 19.8 Å². The Hall–Kier alpha value is -2.46. The van der Waals surface area contributed by atoms with E-state index in [9.17, 15) is 18.6 Å². The molecule has 1 aromatic heterocycles. The molecule has 10 heteroatoms. The number of benzene rings is 1. The van der Waals surface area contributed by atoms with E-state index in [1.807, 2.05) is 6.92 Å². The van der Waals surface area contributed by atoms with Gasteiger partial charge in [-0.2, -0.15) is 0 Å². The lowest BCUT2D eigenvalue weighted by atomic mass is 10.1. The average molecular weight is 491 g/mol. The zero-order valence-corrected chi connectivity index (χ0v) is 21.3. The van der Waals surface area contributed by atoms with Crippen LogP contribution >= 0.6 is 0 Å². The van der Waals surface area contributed by atoms with Crippen LogP contribution in [0.2, 0.25) is 0 Å². The van der Waals surface area contributed by atoms with Gasteiger partial charge in [0, 0.05) is 18.6 Å². The summed E-state index contributed by atoms with van der Waals surface area (Å²) in [6.07, 6.45) is 4.42. The van der Waals surface area contributed by atoms with Gasteiger partial charge in [-0.3, -0.25) is 9.36 Å². The predicted molar refractivity (Wildman–Crippen MR) is 131 cm³/mol. The van der Waals surface area contributed by atoms with E-state index in [0.29, 0.717) is 15.8 Å². The van der Waals surface area contributed by atoms with Crippen molar-refractivity contribution in [1.29, 1.82) is 0 Å². The number of hydrogen-bond donors (Lipinski definition) is 2. The molecule has 3 aliphatic rings. The molecule has 9 nitrogen and oxygen atoms in total. The SMILES string of the molecule is CC1(NS(=O)c2ccc3[nH]c(=O)n(C4CN(C(=O)OC(C)(C)C)C4)c(=O)c3c2)CC1.CC1CC1. The highest BCUT2D eigenvalue weighted by atomic mass is 32.2. The van der Waals surface area contributed by atoms with E-state index in [2.05, 4.69) is 16.6 Å². The first-order valence-corrected chi connectivity index (χ1v) is 13.0. The molecule has 2 aromatic rings. The van der Waals surface area contributed by atoms with Gasteiger partial charge >= 0.3 is 11.8 Å². The molecule has 34 heavy (non-hydrogen) atoms. The van der Waals surface area contributed by atoms with Gasteiger partial charge in [0.25, 0.3) is 5.56 Å². The minimum atomic E-state index is -1.45. The summed E-state index contributed by atoms with van der Waals surface area (Å²) in [6, 6.07) is 4.37. The zero-order chi connectivity index (χ0) is 24.8. The number of ether oxygens (including phenoxy) is 1. The smallest absolute Gasteiger partial charge is 0.410 e. The van der Waals surface area contributed by atoms with Gasteiger partial charge in [0.1, 0.15) is 16.6 Å². The quantitative estimate of drug-likeness (QED) is 0.684. The minimum Gasteiger partial charge on any atom is -0.444 e. The third-order valence-corrected chi connectivity index (χ3v) is 7.56. The molecule has 1 unspecified atom stereocenters. The molecule has 2 heterocycles. The van der Waals surface area contributed by atoms with E-state index in [1.54, 1.807) is 39.0 Å². The lowest BCUT2D eigenvalue weighted by Gasteiger charge is -2.39. The Morgan fingerprint density at radius 2 is 1.82 bits per heavy atom. The van der Waals surface area contributed by atoms with Crippen LogP contribution in [-0.4, -0.2) is 49.0 Å². The topological polar surface area (TPSA) is 114 Å². The van der Waals surface area contributed by atoms with Crippen molar-refractivity contribution >= 4 is 28.0 Å². The van der Waals surface area contributed by atoms with Crippen LogP contribution in [0.3, 0.4) is 0 Å². The molecule has 186 valence electrons. The number of rotatable bonds is 4. The molecule has 1 aliphatic heterocycles. The molecule has 3 fully saturated rings. The fraction of sp³-hybridized carbons (Fsp3) is 0.625. The van der Waals surface area contributed by atoms with Crippen LogP contribution in [0.25, 0.3) is 10.9 Å². The Balaban J connectivity index is 0.000000620. The number of H-pyrrole nitrogens is 1.